The molecule has 0 radical (unpaired) electrons. The fourth-order valence-electron chi connectivity index (χ4n) is 1.96. The third kappa shape index (κ3) is 2.48. The zero-order valence-corrected chi connectivity index (χ0v) is 15.1. The summed E-state index contributed by atoms with van der Waals surface area (Å²) in [6.45, 7) is 13.1. The van der Waals surface area contributed by atoms with Gasteiger partial charge in [0.05, 0.1) is 0 Å². The van der Waals surface area contributed by atoms with Crippen molar-refractivity contribution in [2.24, 2.45) is 10.2 Å². The van der Waals surface area contributed by atoms with E-state index in [0.29, 0.717) is 29.0 Å². The fourth-order valence-corrected chi connectivity index (χ4v) is 6.16. The van der Waals surface area contributed by atoms with Crippen LogP contribution in [0, 0.1) is 41.5 Å². The van der Waals surface area contributed by atoms with Gasteiger partial charge in [-0.3, -0.25) is 0 Å². The minimum absolute atomic E-state index is 0.488. The van der Waals surface area contributed by atoms with Crippen LogP contribution in [0.5, 0.6) is 0 Å². The van der Waals surface area contributed by atoms with Crippen LogP contribution in [0.4, 0.5) is 11.4 Å². The summed E-state index contributed by atoms with van der Waals surface area (Å²) < 4.78 is 5.78. The fraction of sp³-hybridized carbons (Fsp3) is 0.429. The van der Waals surface area contributed by atoms with Crippen molar-refractivity contribution < 1.29 is 0 Å². The minimum atomic E-state index is 0.488. The Morgan fingerprint density at radius 3 is 1.11 bits per heavy atom. The van der Waals surface area contributed by atoms with Crippen LogP contribution in [0.1, 0.15) is 28.9 Å². The van der Waals surface area contributed by atoms with Crippen LogP contribution in [0.25, 0.3) is 0 Å². The van der Waals surface area contributed by atoms with E-state index in [1.807, 2.05) is 0 Å². The molecule has 2 aromatic rings. The molecule has 18 heavy (non-hydrogen) atoms. The number of rotatable bonds is 2. The van der Waals surface area contributed by atoms with E-state index < -0.39 is 0 Å². The van der Waals surface area contributed by atoms with Gasteiger partial charge >= 0.3 is 121 Å². The molecule has 0 saturated heterocycles. The van der Waals surface area contributed by atoms with Crippen molar-refractivity contribution >= 4 is 40.4 Å². The molecule has 0 aromatic carbocycles. The molecular formula is C14H18N2Se2. The topological polar surface area (TPSA) is 24.7 Å². The van der Waals surface area contributed by atoms with Crippen LogP contribution in [-0.4, -0.2) is 29.0 Å². The summed E-state index contributed by atoms with van der Waals surface area (Å²) >= 11 is 0.977. The summed E-state index contributed by atoms with van der Waals surface area (Å²) in [7, 11) is 0. The third-order valence-corrected chi connectivity index (χ3v) is 7.96. The summed E-state index contributed by atoms with van der Waals surface area (Å²) in [6, 6.07) is 0. The van der Waals surface area contributed by atoms with E-state index in [1.165, 1.54) is 28.9 Å². The van der Waals surface area contributed by atoms with Gasteiger partial charge in [0.1, 0.15) is 0 Å². The summed E-state index contributed by atoms with van der Waals surface area (Å²) in [4.78, 5) is 0. The van der Waals surface area contributed by atoms with E-state index in [0.717, 1.165) is 11.4 Å². The van der Waals surface area contributed by atoms with E-state index in [1.54, 1.807) is 0 Å². The maximum atomic E-state index is 4.53. The molecule has 0 unspecified atom stereocenters. The predicted octanol–water partition coefficient (Wildman–Crippen LogP) is 4.07. The molecule has 0 aliphatic heterocycles. The summed E-state index contributed by atoms with van der Waals surface area (Å²) in [5, 5.41) is 9.07. The molecule has 0 aliphatic rings. The van der Waals surface area contributed by atoms with Gasteiger partial charge in [0.2, 0.25) is 0 Å². The standard InChI is InChI=1S/C14H18N2Se2/c1-7-9(3)17-11(5)13(7)15-16-14-8(2)10(4)18-12(14)6/h1-6H3/b16-15+. The maximum absolute atomic E-state index is 4.53. The number of aryl methyl sites for hydroxylation is 4. The number of azo groups is 1. The van der Waals surface area contributed by atoms with Gasteiger partial charge in [-0.1, -0.05) is 0 Å². The van der Waals surface area contributed by atoms with E-state index >= 15 is 0 Å². The zero-order chi connectivity index (χ0) is 13.4. The molecule has 0 amide bonds. The first-order chi connectivity index (χ1) is 8.41. The molecule has 0 aliphatic carbocycles. The van der Waals surface area contributed by atoms with E-state index in [-0.39, 0.29) is 0 Å². The van der Waals surface area contributed by atoms with Gasteiger partial charge in [0, 0.05) is 0 Å². The van der Waals surface area contributed by atoms with Gasteiger partial charge < -0.3 is 0 Å². The monoisotopic (exact) mass is 374 g/mol. The summed E-state index contributed by atoms with van der Waals surface area (Å²) in [5.41, 5.74) is 4.91. The van der Waals surface area contributed by atoms with Crippen LogP contribution in [0.2, 0.25) is 0 Å². The third-order valence-electron chi connectivity index (χ3n) is 3.30. The Bertz CT molecular complexity index is 564. The van der Waals surface area contributed by atoms with Crippen molar-refractivity contribution in [2.45, 2.75) is 41.5 Å². The number of hydrogen-bond acceptors (Lipinski definition) is 2. The Morgan fingerprint density at radius 1 is 0.556 bits per heavy atom. The second-order valence-corrected chi connectivity index (χ2v) is 10.6. The van der Waals surface area contributed by atoms with Crippen molar-refractivity contribution in [3.05, 3.63) is 28.9 Å². The molecule has 4 heteroatoms. The van der Waals surface area contributed by atoms with Gasteiger partial charge in [-0.15, -0.1) is 0 Å². The molecule has 2 rings (SSSR count). The first kappa shape index (κ1) is 14.0. The van der Waals surface area contributed by atoms with Gasteiger partial charge in [-0.05, 0) is 0 Å². The SMILES string of the molecule is Cc1[se]c(C)c(/N=N/c2c(C)[se]c(C)c2C)c1C. The van der Waals surface area contributed by atoms with Crippen LogP contribution in [0.3, 0.4) is 0 Å². The van der Waals surface area contributed by atoms with Gasteiger partial charge in [-0.25, -0.2) is 0 Å². The molecule has 96 valence electrons. The van der Waals surface area contributed by atoms with E-state index in [9.17, 15) is 0 Å². The predicted molar refractivity (Wildman–Crippen MR) is 79.4 cm³/mol. The summed E-state index contributed by atoms with van der Waals surface area (Å²) in [6.07, 6.45) is 0. The average Bonchev–Trinajstić information content (AvgIpc) is 2.67. The second kappa shape index (κ2) is 5.30. The number of nitrogens with zero attached hydrogens (tertiary/aromatic N) is 2. The van der Waals surface area contributed by atoms with Crippen molar-refractivity contribution in [2.75, 3.05) is 0 Å². The molecule has 2 aromatic heterocycles. The van der Waals surface area contributed by atoms with Crippen molar-refractivity contribution in [3.63, 3.8) is 0 Å². The zero-order valence-electron chi connectivity index (χ0n) is 11.7. The van der Waals surface area contributed by atoms with Crippen molar-refractivity contribution in [1.82, 2.24) is 0 Å². The Kier molecular flexibility index (Phi) is 4.13. The Balaban J connectivity index is 2.42. The molecule has 0 saturated carbocycles. The molecule has 0 spiro atoms. The first-order valence-corrected chi connectivity index (χ1v) is 9.39. The van der Waals surface area contributed by atoms with Crippen molar-refractivity contribution in [3.8, 4) is 0 Å². The molecule has 0 N–H and O–H groups in total. The molecule has 0 bridgehead atoms. The van der Waals surface area contributed by atoms with Gasteiger partial charge in [-0.2, -0.15) is 0 Å². The Morgan fingerprint density at radius 2 is 0.889 bits per heavy atom. The second-order valence-electron chi connectivity index (χ2n) is 4.58. The number of hydrogen-bond donors (Lipinski definition) is 0. The quantitative estimate of drug-likeness (QED) is 0.561. The van der Waals surface area contributed by atoms with Crippen LogP contribution in [0.15, 0.2) is 10.2 Å². The van der Waals surface area contributed by atoms with Crippen LogP contribution < -0.4 is 0 Å². The average molecular weight is 372 g/mol. The van der Waals surface area contributed by atoms with Gasteiger partial charge in [0.15, 0.2) is 0 Å². The normalized spacial score (nSPS) is 11.7. The van der Waals surface area contributed by atoms with Crippen molar-refractivity contribution in [1.29, 1.82) is 0 Å². The molecular weight excluding hydrogens is 354 g/mol. The Hall–Kier alpha value is -0.401. The van der Waals surface area contributed by atoms with E-state index in [2.05, 4.69) is 51.8 Å². The van der Waals surface area contributed by atoms with E-state index in [4.69, 9.17) is 0 Å². The molecule has 2 heterocycles. The van der Waals surface area contributed by atoms with Crippen LogP contribution in [-0.2, 0) is 0 Å². The summed E-state index contributed by atoms with van der Waals surface area (Å²) in [5.74, 6) is 0. The Labute approximate surface area is 121 Å². The van der Waals surface area contributed by atoms with Gasteiger partial charge in [0.25, 0.3) is 0 Å². The molecule has 0 fully saturated rings. The van der Waals surface area contributed by atoms with Crippen LogP contribution >= 0.6 is 0 Å². The molecule has 2 nitrogen and oxygen atoms in total. The first-order valence-electron chi connectivity index (χ1n) is 5.96. The molecule has 0 atom stereocenters.